The minimum absolute atomic E-state index is 0.00620. The van der Waals surface area contributed by atoms with Crippen molar-refractivity contribution in [3.63, 3.8) is 0 Å². The molecule has 0 aliphatic carbocycles. The van der Waals surface area contributed by atoms with Gasteiger partial charge in [0.05, 0.1) is 5.69 Å². The maximum absolute atomic E-state index is 12.3. The molecule has 0 aliphatic heterocycles. The molecule has 114 valence electrons. The summed E-state index contributed by atoms with van der Waals surface area (Å²) in [7, 11) is -1.90. The van der Waals surface area contributed by atoms with Crippen LogP contribution in [0, 0.1) is 13.8 Å². The minimum Gasteiger partial charge on any atom is -0.307 e. The molecular weight excluding hydrogens is 292 g/mol. The highest BCUT2D eigenvalue weighted by atomic mass is 32.2. The highest BCUT2D eigenvalue weighted by Crippen LogP contribution is 2.18. The second-order valence-corrected chi connectivity index (χ2v) is 6.33. The average Bonchev–Trinajstić information content (AvgIpc) is 2.70. The molecule has 21 heavy (non-hydrogen) atoms. The third-order valence-corrected chi connectivity index (χ3v) is 4.73. The van der Waals surface area contributed by atoms with Gasteiger partial charge in [-0.05, 0) is 26.0 Å². The number of hydrazine groups is 1. The number of aryl methyl sites for hydroxylation is 2. The molecule has 4 N–H and O–H groups in total. The smallest absolute Gasteiger partial charge is 0.244 e. The van der Waals surface area contributed by atoms with Crippen LogP contribution in [0.1, 0.15) is 17.0 Å². The number of sulfonamides is 1. The largest absolute Gasteiger partial charge is 0.307 e. The third-order valence-electron chi connectivity index (χ3n) is 3.29. The van der Waals surface area contributed by atoms with E-state index in [0.29, 0.717) is 0 Å². The number of pyridine rings is 1. The van der Waals surface area contributed by atoms with Gasteiger partial charge in [0, 0.05) is 31.0 Å². The van der Waals surface area contributed by atoms with Gasteiger partial charge in [0.1, 0.15) is 4.90 Å². The Labute approximate surface area is 123 Å². The molecule has 0 bridgehead atoms. The predicted molar refractivity (Wildman–Crippen MR) is 78.8 cm³/mol. The first-order valence-electron chi connectivity index (χ1n) is 6.27. The fraction of sp³-hybridized carbons (Fsp3) is 0.333. The second-order valence-electron chi connectivity index (χ2n) is 4.59. The maximum Gasteiger partial charge on any atom is 0.244 e. The molecule has 9 heteroatoms. The maximum atomic E-state index is 12.3. The van der Waals surface area contributed by atoms with Crippen LogP contribution >= 0.6 is 0 Å². The molecule has 8 nitrogen and oxygen atoms in total. The topological polar surface area (TPSA) is 115 Å². The summed E-state index contributed by atoms with van der Waals surface area (Å²) < 4.78 is 28.9. The zero-order valence-corrected chi connectivity index (χ0v) is 12.9. The monoisotopic (exact) mass is 310 g/mol. The molecule has 2 heterocycles. The summed E-state index contributed by atoms with van der Waals surface area (Å²) in [4.78, 5) is 3.89. The van der Waals surface area contributed by atoms with Gasteiger partial charge in [-0.15, -0.1) is 0 Å². The van der Waals surface area contributed by atoms with Gasteiger partial charge in [-0.1, -0.05) is 0 Å². The summed E-state index contributed by atoms with van der Waals surface area (Å²) >= 11 is 0. The summed E-state index contributed by atoms with van der Waals surface area (Å²) in [6, 6.07) is 2.98. The molecule has 0 spiro atoms. The summed E-state index contributed by atoms with van der Waals surface area (Å²) in [5, 5.41) is 4.25. The number of hydrogen-bond donors (Lipinski definition) is 3. The zero-order chi connectivity index (χ0) is 15.6. The van der Waals surface area contributed by atoms with E-state index < -0.39 is 10.0 Å². The molecular formula is C12H18N6O2S. The Morgan fingerprint density at radius 1 is 1.38 bits per heavy atom. The van der Waals surface area contributed by atoms with Gasteiger partial charge in [-0.2, -0.15) is 5.10 Å². The van der Waals surface area contributed by atoms with Gasteiger partial charge in [0.25, 0.3) is 0 Å². The Morgan fingerprint density at radius 3 is 2.67 bits per heavy atom. The first kappa shape index (κ1) is 15.4. The van der Waals surface area contributed by atoms with Crippen LogP contribution < -0.4 is 16.0 Å². The van der Waals surface area contributed by atoms with Crippen LogP contribution in [0.15, 0.2) is 23.2 Å². The van der Waals surface area contributed by atoms with Crippen LogP contribution in [-0.2, 0) is 23.6 Å². The van der Waals surface area contributed by atoms with Gasteiger partial charge in [-0.3, -0.25) is 4.68 Å². The fourth-order valence-electron chi connectivity index (χ4n) is 2.03. The van der Waals surface area contributed by atoms with Gasteiger partial charge < -0.3 is 5.43 Å². The van der Waals surface area contributed by atoms with E-state index in [-0.39, 0.29) is 17.3 Å². The van der Waals surface area contributed by atoms with E-state index >= 15 is 0 Å². The Morgan fingerprint density at radius 2 is 2.10 bits per heavy atom. The molecule has 0 radical (unpaired) electrons. The van der Waals surface area contributed by atoms with Crippen LogP contribution in [0.2, 0.25) is 0 Å². The van der Waals surface area contributed by atoms with E-state index in [1.165, 1.54) is 18.3 Å². The van der Waals surface area contributed by atoms with Gasteiger partial charge in [0.15, 0.2) is 5.82 Å². The van der Waals surface area contributed by atoms with E-state index in [2.05, 4.69) is 20.2 Å². The Hall–Kier alpha value is -1.97. The highest BCUT2D eigenvalue weighted by Gasteiger charge is 2.20. The average molecular weight is 310 g/mol. The van der Waals surface area contributed by atoms with E-state index in [1.807, 2.05) is 20.9 Å². The first-order chi connectivity index (χ1) is 9.86. The second kappa shape index (κ2) is 5.80. The molecule has 0 saturated carbocycles. The quantitative estimate of drug-likeness (QED) is 0.536. The molecule has 2 rings (SSSR count). The van der Waals surface area contributed by atoms with E-state index in [9.17, 15) is 8.42 Å². The Kier molecular flexibility index (Phi) is 4.26. The molecule has 0 fully saturated rings. The van der Waals surface area contributed by atoms with Crippen molar-refractivity contribution in [2.24, 2.45) is 12.9 Å². The van der Waals surface area contributed by atoms with E-state index in [0.717, 1.165) is 17.0 Å². The Bertz CT molecular complexity index is 753. The number of nitrogens with zero attached hydrogens (tertiary/aromatic N) is 3. The number of nitrogens with one attached hydrogen (secondary N) is 2. The first-order valence-corrected chi connectivity index (χ1v) is 7.75. The van der Waals surface area contributed by atoms with Crippen LogP contribution in [0.5, 0.6) is 0 Å². The summed E-state index contributed by atoms with van der Waals surface area (Å²) in [5.74, 6) is 5.39. The number of anilines is 1. The predicted octanol–water partition coefficient (Wildman–Crippen LogP) is 0.196. The lowest BCUT2D eigenvalue weighted by atomic mass is 10.2. The standard InChI is InChI=1S/C12H18N6O2S/c1-8-10(9(2)18(3)17-8)7-15-21(19,20)11-5-4-6-14-12(11)16-13/h4-6,15H,7,13H2,1-3H3,(H,14,16). The molecule has 0 aromatic carbocycles. The number of nitrogen functional groups attached to an aromatic ring is 1. The molecule has 0 amide bonds. The molecule has 0 saturated heterocycles. The van der Waals surface area contributed by atoms with E-state index in [1.54, 1.807) is 4.68 Å². The van der Waals surface area contributed by atoms with E-state index in [4.69, 9.17) is 5.84 Å². The van der Waals surface area contributed by atoms with Gasteiger partial charge in [0.2, 0.25) is 10.0 Å². The number of hydrogen-bond acceptors (Lipinski definition) is 6. The SMILES string of the molecule is Cc1nn(C)c(C)c1CNS(=O)(=O)c1cccnc1NN. The normalized spacial score (nSPS) is 11.6. The van der Waals surface area contributed by atoms with Crippen molar-refractivity contribution in [1.82, 2.24) is 19.5 Å². The van der Waals surface area contributed by atoms with Crippen molar-refractivity contribution in [2.75, 3.05) is 5.43 Å². The van der Waals surface area contributed by atoms with Crippen molar-refractivity contribution < 1.29 is 8.42 Å². The summed E-state index contributed by atoms with van der Waals surface area (Å²) in [6.07, 6.45) is 1.46. The van der Waals surface area contributed by atoms with Crippen LogP contribution in [0.3, 0.4) is 0 Å². The molecule has 0 unspecified atom stereocenters. The fourth-order valence-corrected chi connectivity index (χ4v) is 3.15. The summed E-state index contributed by atoms with van der Waals surface area (Å²) in [5.41, 5.74) is 4.84. The lowest BCUT2D eigenvalue weighted by molar-refractivity contribution is 0.581. The van der Waals surface area contributed by atoms with Crippen LogP contribution in [0.4, 0.5) is 5.82 Å². The molecule has 0 atom stereocenters. The van der Waals surface area contributed by atoms with Crippen molar-refractivity contribution in [3.05, 3.63) is 35.3 Å². The third kappa shape index (κ3) is 3.04. The molecule has 2 aromatic heterocycles. The minimum atomic E-state index is -3.72. The lowest BCUT2D eigenvalue weighted by Crippen LogP contribution is -2.26. The lowest BCUT2D eigenvalue weighted by Gasteiger charge is -2.10. The summed E-state index contributed by atoms with van der Waals surface area (Å²) in [6.45, 7) is 3.89. The number of nitrogens with two attached hydrogens (primary N) is 1. The van der Waals surface area contributed by atoms with Crippen LogP contribution in [0.25, 0.3) is 0 Å². The van der Waals surface area contributed by atoms with Crippen LogP contribution in [-0.4, -0.2) is 23.2 Å². The number of rotatable bonds is 5. The molecule has 0 aliphatic rings. The van der Waals surface area contributed by atoms with Crippen molar-refractivity contribution >= 4 is 15.8 Å². The Balaban J connectivity index is 2.26. The van der Waals surface area contributed by atoms with Gasteiger partial charge in [-0.25, -0.2) is 24.0 Å². The van der Waals surface area contributed by atoms with Gasteiger partial charge >= 0.3 is 0 Å². The highest BCUT2D eigenvalue weighted by molar-refractivity contribution is 7.89. The van der Waals surface area contributed by atoms with Crippen molar-refractivity contribution in [3.8, 4) is 0 Å². The molecule has 2 aromatic rings. The zero-order valence-electron chi connectivity index (χ0n) is 12.1. The van der Waals surface area contributed by atoms with Crippen molar-refractivity contribution in [2.45, 2.75) is 25.3 Å². The number of aromatic nitrogens is 3. The van der Waals surface area contributed by atoms with Crippen molar-refractivity contribution in [1.29, 1.82) is 0 Å².